The molecule has 0 amide bonds. The van der Waals surface area contributed by atoms with Crippen molar-refractivity contribution in [2.24, 2.45) is 0 Å². The highest BCUT2D eigenvalue weighted by Gasteiger charge is 2.08. The summed E-state index contributed by atoms with van der Waals surface area (Å²) >= 11 is 10.8. The van der Waals surface area contributed by atoms with Gasteiger partial charge in [0.05, 0.1) is 22.0 Å². The Kier molecular flexibility index (Phi) is 6.14. The SMILES string of the molecule is Cc1cc([N+](=O)[O-])cc(C)n1.O=[N+]([O-])c1cc(Cl)nc(Cl)c1. The summed E-state index contributed by atoms with van der Waals surface area (Å²) < 4.78 is 0. The largest absolute Gasteiger partial charge is 0.275 e. The van der Waals surface area contributed by atoms with Gasteiger partial charge in [0.15, 0.2) is 0 Å². The van der Waals surface area contributed by atoms with Crippen LogP contribution in [0.25, 0.3) is 0 Å². The Morgan fingerprint density at radius 2 is 1.18 bits per heavy atom. The lowest BCUT2D eigenvalue weighted by Gasteiger charge is -1.95. The first-order chi connectivity index (χ1) is 10.2. The van der Waals surface area contributed by atoms with Crippen molar-refractivity contribution >= 4 is 34.6 Å². The molecule has 0 aromatic carbocycles. The van der Waals surface area contributed by atoms with E-state index in [1.165, 1.54) is 12.1 Å². The summed E-state index contributed by atoms with van der Waals surface area (Å²) in [6.07, 6.45) is 0. The molecule has 0 spiro atoms. The Bertz CT molecular complexity index is 622. The number of hydrogen-bond acceptors (Lipinski definition) is 6. The van der Waals surface area contributed by atoms with Crippen molar-refractivity contribution in [1.29, 1.82) is 0 Å². The predicted octanol–water partition coefficient (Wildman–Crippen LogP) is 3.90. The number of pyridine rings is 2. The molecule has 2 aromatic rings. The van der Waals surface area contributed by atoms with Crippen LogP contribution in [0.1, 0.15) is 11.4 Å². The molecule has 0 aliphatic rings. The summed E-state index contributed by atoms with van der Waals surface area (Å²) in [4.78, 5) is 27.0. The Labute approximate surface area is 135 Å². The van der Waals surface area contributed by atoms with E-state index >= 15 is 0 Å². The predicted molar refractivity (Wildman–Crippen MR) is 81.3 cm³/mol. The first-order valence-corrected chi connectivity index (χ1v) is 6.52. The lowest BCUT2D eigenvalue weighted by atomic mass is 10.3. The van der Waals surface area contributed by atoms with Crippen molar-refractivity contribution in [1.82, 2.24) is 9.97 Å². The minimum Gasteiger partial charge on any atom is -0.258 e. The number of hydrogen-bond donors (Lipinski definition) is 0. The zero-order valence-electron chi connectivity index (χ0n) is 11.5. The number of rotatable bonds is 2. The average Bonchev–Trinajstić information content (AvgIpc) is 2.37. The third-order valence-corrected chi connectivity index (χ3v) is 2.62. The van der Waals surface area contributed by atoms with E-state index in [0.29, 0.717) is 11.4 Å². The normalized spacial score (nSPS) is 9.64. The molecule has 116 valence electrons. The summed E-state index contributed by atoms with van der Waals surface area (Å²) in [6.45, 7) is 3.47. The molecule has 8 nitrogen and oxygen atoms in total. The minimum absolute atomic E-state index is 0.0178. The Balaban J connectivity index is 0.000000220. The smallest absolute Gasteiger partial charge is 0.258 e. The van der Waals surface area contributed by atoms with E-state index < -0.39 is 9.85 Å². The van der Waals surface area contributed by atoms with Gasteiger partial charge in [0.1, 0.15) is 10.3 Å². The van der Waals surface area contributed by atoms with Gasteiger partial charge in [0.25, 0.3) is 11.4 Å². The fraction of sp³-hybridized carbons (Fsp3) is 0.167. The summed E-state index contributed by atoms with van der Waals surface area (Å²) in [7, 11) is 0. The van der Waals surface area contributed by atoms with E-state index in [2.05, 4.69) is 9.97 Å². The molecule has 0 N–H and O–H groups in total. The van der Waals surface area contributed by atoms with Gasteiger partial charge in [-0.2, -0.15) is 0 Å². The van der Waals surface area contributed by atoms with E-state index in [-0.39, 0.29) is 21.7 Å². The third-order valence-electron chi connectivity index (χ3n) is 2.24. The fourth-order valence-corrected chi connectivity index (χ4v) is 1.92. The van der Waals surface area contributed by atoms with Gasteiger partial charge in [0, 0.05) is 23.5 Å². The van der Waals surface area contributed by atoms with Gasteiger partial charge in [-0.15, -0.1) is 0 Å². The zero-order chi connectivity index (χ0) is 16.9. The molecule has 0 atom stereocenters. The van der Waals surface area contributed by atoms with Gasteiger partial charge in [-0.1, -0.05) is 23.2 Å². The van der Waals surface area contributed by atoms with Crippen molar-refractivity contribution in [3.63, 3.8) is 0 Å². The molecule has 2 rings (SSSR count). The zero-order valence-corrected chi connectivity index (χ0v) is 13.0. The van der Waals surface area contributed by atoms with Crippen molar-refractivity contribution in [2.75, 3.05) is 0 Å². The van der Waals surface area contributed by atoms with Crippen molar-refractivity contribution in [3.8, 4) is 0 Å². The minimum atomic E-state index is -0.584. The Morgan fingerprint density at radius 3 is 1.55 bits per heavy atom. The van der Waals surface area contributed by atoms with Crippen molar-refractivity contribution in [2.45, 2.75) is 13.8 Å². The highest BCUT2D eigenvalue weighted by atomic mass is 35.5. The second kappa shape index (κ2) is 7.62. The topological polar surface area (TPSA) is 112 Å². The van der Waals surface area contributed by atoms with Crippen LogP contribution < -0.4 is 0 Å². The van der Waals surface area contributed by atoms with E-state index in [0.717, 1.165) is 12.1 Å². The third kappa shape index (κ3) is 5.58. The first-order valence-electron chi connectivity index (χ1n) is 5.76. The monoisotopic (exact) mass is 344 g/mol. The van der Waals surface area contributed by atoms with Gasteiger partial charge in [0.2, 0.25) is 0 Å². The second-order valence-electron chi connectivity index (χ2n) is 4.09. The first kappa shape index (κ1) is 17.7. The summed E-state index contributed by atoms with van der Waals surface area (Å²) in [5, 5.41) is 20.5. The molecule has 0 aliphatic carbocycles. The number of nitro groups is 2. The average molecular weight is 345 g/mol. The standard InChI is InChI=1S/C7H8N2O2.C5H2Cl2N2O2/c1-5-3-7(9(10)11)4-6(2)8-5;6-4-1-3(9(10)11)2-5(7)8-4/h3-4H,1-2H3;1-2H. The van der Waals surface area contributed by atoms with Gasteiger partial charge in [-0.05, 0) is 13.8 Å². The maximum absolute atomic E-state index is 10.3. The van der Waals surface area contributed by atoms with Crippen LogP contribution in [-0.4, -0.2) is 19.8 Å². The van der Waals surface area contributed by atoms with Crippen molar-refractivity contribution < 1.29 is 9.85 Å². The van der Waals surface area contributed by atoms with E-state index in [1.54, 1.807) is 13.8 Å². The number of aromatic nitrogens is 2. The van der Waals surface area contributed by atoms with Crippen LogP contribution in [0.2, 0.25) is 10.3 Å². The lowest BCUT2D eigenvalue weighted by Crippen LogP contribution is -1.92. The molecule has 0 bridgehead atoms. The van der Waals surface area contributed by atoms with Gasteiger partial charge < -0.3 is 0 Å². The van der Waals surface area contributed by atoms with Crippen LogP contribution in [0, 0.1) is 34.1 Å². The van der Waals surface area contributed by atoms with Crippen LogP contribution in [0.4, 0.5) is 11.4 Å². The molecule has 2 heterocycles. The summed E-state index contributed by atoms with van der Waals surface area (Å²) in [5.41, 5.74) is 1.30. The Hall–Kier alpha value is -2.32. The number of nitrogens with zero attached hydrogens (tertiary/aromatic N) is 4. The molecule has 10 heteroatoms. The molecule has 0 radical (unpaired) electrons. The maximum atomic E-state index is 10.3. The molecule has 0 aliphatic heterocycles. The molecular weight excluding hydrogens is 335 g/mol. The highest BCUT2D eigenvalue weighted by Crippen LogP contribution is 2.19. The van der Waals surface area contributed by atoms with Crippen molar-refractivity contribution in [3.05, 3.63) is 66.2 Å². The molecule has 2 aromatic heterocycles. The summed E-state index contributed by atoms with van der Waals surface area (Å²) in [6, 6.07) is 5.17. The molecular formula is C12H10Cl2N4O4. The van der Waals surface area contributed by atoms with Gasteiger partial charge in [-0.3, -0.25) is 25.2 Å². The fourth-order valence-electron chi connectivity index (χ4n) is 1.48. The summed E-state index contributed by atoms with van der Waals surface area (Å²) in [5.74, 6) is 0. The second-order valence-corrected chi connectivity index (χ2v) is 4.87. The lowest BCUT2D eigenvalue weighted by molar-refractivity contribution is -0.385. The molecule has 22 heavy (non-hydrogen) atoms. The number of halogens is 2. The highest BCUT2D eigenvalue weighted by molar-refractivity contribution is 6.32. The molecule has 0 saturated heterocycles. The quantitative estimate of drug-likeness (QED) is 0.463. The number of aryl methyl sites for hydroxylation is 2. The Morgan fingerprint density at radius 1 is 0.818 bits per heavy atom. The molecule has 0 saturated carbocycles. The van der Waals surface area contributed by atoms with E-state index in [9.17, 15) is 20.2 Å². The maximum Gasteiger partial charge on any atom is 0.275 e. The van der Waals surface area contributed by atoms with Gasteiger partial charge in [-0.25, -0.2) is 4.98 Å². The van der Waals surface area contributed by atoms with Crippen LogP contribution >= 0.6 is 23.2 Å². The van der Waals surface area contributed by atoms with E-state index in [4.69, 9.17) is 23.2 Å². The van der Waals surface area contributed by atoms with Crippen LogP contribution in [-0.2, 0) is 0 Å². The van der Waals surface area contributed by atoms with Gasteiger partial charge >= 0.3 is 0 Å². The van der Waals surface area contributed by atoms with Crippen LogP contribution in [0.3, 0.4) is 0 Å². The molecule has 0 unspecified atom stereocenters. The van der Waals surface area contributed by atoms with Crippen LogP contribution in [0.5, 0.6) is 0 Å². The van der Waals surface area contributed by atoms with E-state index in [1.807, 2.05) is 0 Å². The van der Waals surface area contributed by atoms with Crippen LogP contribution in [0.15, 0.2) is 24.3 Å². The molecule has 0 fully saturated rings.